The Balaban J connectivity index is 2.56. The van der Waals surface area contributed by atoms with Gasteiger partial charge in [-0.1, -0.05) is 50.3 Å². The van der Waals surface area contributed by atoms with E-state index in [-0.39, 0.29) is 5.54 Å². The van der Waals surface area contributed by atoms with Gasteiger partial charge >= 0.3 is 0 Å². The minimum Gasteiger partial charge on any atom is -0.389 e. The minimum atomic E-state index is 0.105. The number of hydrogen-bond donors (Lipinski definition) is 2. The van der Waals surface area contributed by atoms with E-state index >= 15 is 0 Å². The molecule has 0 bridgehead atoms. The van der Waals surface area contributed by atoms with Crippen molar-refractivity contribution in [1.82, 2.24) is 0 Å². The average Bonchev–Trinajstić information content (AvgIpc) is 2.47. The Hall–Kier alpha value is -1.61. The van der Waals surface area contributed by atoms with Crippen molar-refractivity contribution >= 4 is 33.7 Å². The number of rotatable bonds is 5. The van der Waals surface area contributed by atoms with Crippen molar-refractivity contribution in [3.8, 4) is 0 Å². The Morgan fingerprint density at radius 3 is 2.25 bits per heavy atom. The van der Waals surface area contributed by atoms with Gasteiger partial charge in [-0.05, 0) is 37.3 Å². The van der Waals surface area contributed by atoms with E-state index in [0.717, 1.165) is 29.5 Å². The zero-order valence-electron chi connectivity index (χ0n) is 12.4. The highest BCUT2D eigenvalue weighted by Crippen LogP contribution is 2.30. The highest BCUT2D eigenvalue weighted by atomic mass is 32.1. The Kier molecular flexibility index (Phi) is 4.29. The third-order valence-corrected chi connectivity index (χ3v) is 4.41. The monoisotopic (exact) mass is 286 g/mol. The van der Waals surface area contributed by atoms with Gasteiger partial charge in [-0.2, -0.15) is 0 Å². The van der Waals surface area contributed by atoms with Crippen LogP contribution in [0.3, 0.4) is 0 Å². The summed E-state index contributed by atoms with van der Waals surface area (Å²) >= 11 is 5.15. The molecule has 0 saturated carbocycles. The van der Waals surface area contributed by atoms with Crippen LogP contribution in [0.5, 0.6) is 0 Å². The third kappa shape index (κ3) is 2.78. The molecular weight excluding hydrogens is 264 g/mol. The number of hydrogen-bond acceptors (Lipinski definition) is 2. The SMILES string of the molecule is CCC(C)(CC)Nc1ccc(C(N)=S)c2ccccc12. The summed E-state index contributed by atoms with van der Waals surface area (Å²) in [6.45, 7) is 6.67. The molecule has 0 saturated heterocycles. The molecule has 3 heteroatoms. The summed E-state index contributed by atoms with van der Waals surface area (Å²) in [6.07, 6.45) is 2.16. The van der Waals surface area contributed by atoms with E-state index in [1.165, 1.54) is 5.39 Å². The lowest BCUT2D eigenvalue weighted by Gasteiger charge is -2.30. The summed E-state index contributed by atoms with van der Waals surface area (Å²) < 4.78 is 0. The molecule has 0 atom stereocenters. The zero-order chi connectivity index (χ0) is 14.8. The van der Waals surface area contributed by atoms with Gasteiger partial charge in [0, 0.05) is 22.2 Å². The van der Waals surface area contributed by atoms with Crippen LogP contribution in [0.4, 0.5) is 5.69 Å². The van der Waals surface area contributed by atoms with Crippen molar-refractivity contribution in [3.63, 3.8) is 0 Å². The fourth-order valence-corrected chi connectivity index (χ4v) is 2.55. The van der Waals surface area contributed by atoms with Gasteiger partial charge in [-0.3, -0.25) is 0 Å². The Morgan fingerprint density at radius 1 is 1.10 bits per heavy atom. The summed E-state index contributed by atoms with van der Waals surface area (Å²) in [6, 6.07) is 12.4. The maximum atomic E-state index is 5.82. The molecule has 0 aromatic heterocycles. The van der Waals surface area contributed by atoms with E-state index in [0.29, 0.717) is 4.99 Å². The van der Waals surface area contributed by atoms with Crippen molar-refractivity contribution in [3.05, 3.63) is 42.0 Å². The van der Waals surface area contributed by atoms with Crippen molar-refractivity contribution in [2.75, 3.05) is 5.32 Å². The molecule has 0 amide bonds. The first-order valence-electron chi connectivity index (χ1n) is 7.10. The van der Waals surface area contributed by atoms with Crippen molar-refractivity contribution in [2.24, 2.45) is 5.73 Å². The van der Waals surface area contributed by atoms with E-state index in [9.17, 15) is 0 Å². The first-order chi connectivity index (χ1) is 9.50. The predicted molar refractivity (Wildman–Crippen MR) is 92.4 cm³/mol. The van der Waals surface area contributed by atoms with Crippen LogP contribution in [0.25, 0.3) is 10.8 Å². The molecule has 0 aliphatic heterocycles. The highest BCUT2D eigenvalue weighted by molar-refractivity contribution is 7.80. The van der Waals surface area contributed by atoms with Crippen LogP contribution < -0.4 is 11.1 Å². The number of anilines is 1. The van der Waals surface area contributed by atoms with E-state index in [1.807, 2.05) is 18.2 Å². The van der Waals surface area contributed by atoms with Crippen LogP contribution in [-0.4, -0.2) is 10.5 Å². The van der Waals surface area contributed by atoms with E-state index in [1.54, 1.807) is 0 Å². The lowest BCUT2D eigenvalue weighted by atomic mass is 9.94. The molecule has 0 radical (unpaired) electrons. The summed E-state index contributed by atoms with van der Waals surface area (Å²) in [5, 5.41) is 5.96. The van der Waals surface area contributed by atoms with Crippen LogP contribution in [0.1, 0.15) is 39.2 Å². The van der Waals surface area contributed by atoms with Gasteiger partial charge in [0.15, 0.2) is 0 Å². The summed E-state index contributed by atoms with van der Waals surface area (Å²) in [4.78, 5) is 0.446. The molecule has 0 aliphatic rings. The molecule has 2 nitrogen and oxygen atoms in total. The molecule has 0 spiro atoms. The second-order valence-corrected chi connectivity index (χ2v) is 5.90. The van der Waals surface area contributed by atoms with Crippen LogP contribution in [0, 0.1) is 0 Å². The Bertz CT molecular complexity index is 630. The van der Waals surface area contributed by atoms with Crippen LogP contribution in [0.15, 0.2) is 36.4 Å². The number of nitrogens with one attached hydrogen (secondary N) is 1. The highest BCUT2D eigenvalue weighted by Gasteiger charge is 2.20. The maximum absolute atomic E-state index is 5.82. The fourth-order valence-electron chi connectivity index (χ4n) is 2.37. The number of benzene rings is 2. The van der Waals surface area contributed by atoms with Gasteiger partial charge in [-0.15, -0.1) is 0 Å². The lowest BCUT2D eigenvalue weighted by Crippen LogP contribution is -2.33. The molecule has 2 aromatic carbocycles. The Labute approximate surface area is 126 Å². The van der Waals surface area contributed by atoms with Crippen LogP contribution in [-0.2, 0) is 0 Å². The molecule has 2 aromatic rings. The molecule has 0 unspecified atom stereocenters. The van der Waals surface area contributed by atoms with Gasteiger partial charge in [0.2, 0.25) is 0 Å². The average molecular weight is 286 g/mol. The van der Waals surface area contributed by atoms with Crippen molar-refractivity contribution in [1.29, 1.82) is 0 Å². The van der Waals surface area contributed by atoms with Gasteiger partial charge < -0.3 is 11.1 Å². The molecule has 2 rings (SSSR count). The minimum absolute atomic E-state index is 0.105. The molecule has 0 fully saturated rings. The number of thiocarbonyl (C=S) groups is 1. The molecule has 3 N–H and O–H groups in total. The second kappa shape index (κ2) is 5.80. The van der Waals surface area contributed by atoms with E-state index in [4.69, 9.17) is 18.0 Å². The van der Waals surface area contributed by atoms with Gasteiger partial charge in [0.1, 0.15) is 4.99 Å². The molecule has 0 aliphatic carbocycles. The van der Waals surface area contributed by atoms with E-state index in [2.05, 4.69) is 44.3 Å². The molecule has 20 heavy (non-hydrogen) atoms. The second-order valence-electron chi connectivity index (χ2n) is 5.46. The summed E-state index contributed by atoms with van der Waals surface area (Å²) in [7, 11) is 0. The smallest absolute Gasteiger partial charge is 0.104 e. The van der Waals surface area contributed by atoms with Gasteiger partial charge in [-0.25, -0.2) is 0 Å². The van der Waals surface area contributed by atoms with Crippen molar-refractivity contribution < 1.29 is 0 Å². The third-order valence-electron chi connectivity index (χ3n) is 4.19. The van der Waals surface area contributed by atoms with Gasteiger partial charge in [0.05, 0.1) is 0 Å². The normalized spacial score (nSPS) is 11.6. The molecular formula is C17H22N2S. The zero-order valence-corrected chi connectivity index (χ0v) is 13.2. The van der Waals surface area contributed by atoms with Crippen LogP contribution >= 0.6 is 12.2 Å². The first-order valence-corrected chi connectivity index (χ1v) is 7.51. The standard InChI is InChI=1S/C17H22N2S/c1-4-17(3,5-2)19-15-11-10-14(16(18)20)12-8-6-7-9-13(12)15/h6-11,19H,4-5H2,1-3H3,(H2,18,20). The Morgan fingerprint density at radius 2 is 1.70 bits per heavy atom. The summed E-state index contributed by atoms with van der Waals surface area (Å²) in [5.41, 5.74) is 8.01. The van der Waals surface area contributed by atoms with E-state index < -0.39 is 0 Å². The number of fused-ring (bicyclic) bond motifs is 1. The largest absolute Gasteiger partial charge is 0.389 e. The first kappa shape index (κ1) is 14.8. The molecule has 0 heterocycles. The fraction of sp³-hybridized carbons (Fsp3) is 0.353. The quantitative estimate of drug-likeness (QED) is 0.797. The maximum Gasteiger partial charge on any atom is 0.104 e. The van der Waals surface area contributed by atoms with Crippen molar-refractivity contribution in [2.45, 2.75) is 39.2 Å². The number of nitrogens with two attached hydrogens (primary N) is 1. The lowest BCUT2D eigenvalue weighted by molar-refractivity contribution is 0.479. The topological polar surface area (TPSA) is 38.0 Å². The summed E-state index contributed by atoms with van der Waals surface area (Å²) in [5.74, 6) is 0. The predicted octanol–water partition coefficient (Wildman–Crippen LogP) is 4.46. The van der Waals surface area contributed by atoms with Gasteiger partial charge in [0.25, 0.3) is 0 Å². The molecule has 106 valence electrons. The van der Waals surface area contributed by atoms with Crippen LogP contribution in [0.2, 0.25) is 0 Å².